The summed E-state index contributed by atoms with van der Waals surface area (Å²) in [5.74, 6) is -2.26. The molecule has 1 aromatic heterocycles. The zero-order valence-corrected chi connectivity index (χ0v) is 23.1. The summed E-state index contributed by atoms with van der Waals surface area (Å²) in [5.41, 5.74) is 5.46. The van der Waals surface area contributed by atoms with Gasteiger partial charge in [-0.1, -0.05) is 17.3 Å². The van der Waals surface area contributed by atoms with Crippen LogP contribution in [-0.4, -0.2) is 84.1 Å². The molecule has 13 nitrogen and oxygen atoms in total. The molecule has 206 valence electrons. The minimum atomic E-state index is -0.948. The molecular formula is C23H29N5O8S2. The Kier molecular flexibility index (Phi) is 9.51. The van der Waals surface area contributed by atoms with Gasteiger partial charge in [-0.25, -0.2) is 9.78 Å². The van der Waals surface area contributed by atoms with E-state index in [0.717, 1.165) is 11.3 Å². The Morgan fingerprint density at radius 2 is 2.03 bits per heavy atom. The van der Waals surface area contributed by atoms with E-state index in [1.54, 1.807) is 38.3 Å². The van der Waals surface area contributed by atoms with E-state index in [-0.39, 0.29) is 22.2 Å². The lowest BCUT2D eigenvalue weighted by Gasteiger charge is -2.49. The molecule has 3 rings (SSSR count). The minimum Gasteiger partial charge on any atom is -0.427 e. The molecule has 2 atom stereocenters. The largest absolute Gasteiger partial charge is 0.427 e. The smallest absolute Gasteiger partial charge is 0.358 e. The highest BCUT2D eigenvalue weighted by atomic mass is 32.2. The van der Waals surface area contributed by atoms with Gasteiger partial charge >= 0.3 is 11.9 Å². The van der Waals surface area contributed by atoms with Crippen molar-refractivity contribution < 1.29 is 38.2 Å². The molecule has 2 amide bonds. The number of amides is 2. The Balaban J connectivity index is 1.77. The third-order valence-electron chi connectivity index (χ3n) is 5.21. The van der Waals surface area contributed by atoms with Crippen LogP contribution in [0.4, 0.5) is 5.13 Å². The molecular weight excluding hydrogens is 538 g/mol. The van der Waals surface area contributed by atoms with Gasteiger partial charge in [-0.3, -0.25) is 19.3 Å². The van der Waals surface area contributed by atoms with Crippen molar-refractivity contribution >= 4 is 57.7 Å². The van der Waals surface area contributed by atoms with Gasteiger partial charge in [0.15, 0.2) is 10.8 Å². The quantitative estimate of drug-likeness (QED) is 0.136. The molecule has 0 bridgehead atoms. The number of esters is 2. The fourth-order valence-corrected chi connectivity index (χ4v) is 5.24. The Bertz CT molecular complexity index is 1190. The first-order valence-corrected chi connectivity index (χ1v) is 13.2. The number of ether oxygens (including phenoxy) is 3. The van der Waals surface area contributed by atoms with Crippen molar-refractivity contribution in [1.82, 2.24) is 15.2 Å². The summed E-state index contributed by atoms with van der Waals surface area (Å²) in [5, 5.41) is 7.55. The zero-order chi connectivity index (χ0) is 28.0. The van der Waals surface area contributed by atoms with Crippen LogP contribution in [0.5, 0.6) is 0 Å². The predicted molar refractivity (Wildman–Crippen MR) is 140 cm³/mol. The Labute approximate surface area is 227 Å². The summed E-state index contributed by atoms with van der Waals surface area (Å²) in [6.45, 7) is 4.68. The van der Waals surface area contributed by atoms with Gasteiger partial charge in [-0.05, 0) is 26.3 Å². The molecule has 3 heterocycles. The molecule has 0 radical (unpaired) electrons. The maximum absolute atomic E-state index is 13.2. The highest BCUT2D eigenvalue weighted by molar-refractivity contribution is 8.00. The van der Waals surface area contributed by atoms with Crippen LogP contribution in [0.2, 0.25) is 0 Å². The van der Waals surface area contributed by atoms with Crippen LogP contribution in [0.25, 0.3) is 0 Å². The first-order valence-electron chi connectivity index (χ1n) is 11.3. The van der Waals surface area contributed by atoms with Crippen LogP contribution in [0.1, 0.15) is 26.5 Å². The third kappa shape index (κ3) is 6.52. The van der Waals surface area contributed by atoms with E-state index in [1.807, 2.05) is 0 Å². The normalized spacial score (nSPS) is 19.7. The number of thiazole rings is 1. The number of anilines is 1. The lowest BCUT2D eigenvalue weighted by molar-refractivity contribution is -0.173. The lowest BCUT2D eigenvalue weighted by Crippen LogP contribution is -2.71. The number of hydrogen-bond acceptors (Lipinski definition) is 13. The predicted octanol–water partition coefficient (Wildman–Crippen LogP) is 1.02. The number of carbonyl (C=O) groups excluding carboxylic acids is 4. The Hall–Kier alpha value is -3.43. The van der Waals surface area contributed by atoms with Crippen LogP contribution in [-0.2, 0) is 38.2 Å². The molecule has 0 spiro atoms. The number of hydrogen-bond donors (Lipinski definition) is 2. The van der Waals surface area contributed by atoms with Gasteiger partial charge in [-0.2, -0.15) is 0 Å². The van der Waals surface area contributed by atoms with Crippen LogP contribution in [0.15, 0.2) is 34.0 Å². The Morgan fingerprint density at radius 1 is 1.29 bits per heavy atom. The molecule has 1 aromatic rings. The summed E-state index contributed by atoms with van der Waals surface area (Å²) in [7, 11) is 2.80. The molecule has 38 heavy (non-hydrogen) atoms. The van der Waals surface area contributed by atoms with Crippen LogP contribution in [0, 0.1) is 5.41 Å². The van der Waals surface area contributed by atoms with Crippen molar-refractivity contribution in [3.05, 3.63) is 34.5 Å². The van der Waals surface area contributed by atoms with E-state index in [2.05, 4.69) is 15.5 Å². The average Bonchev–Trinajstić information content (AvgIpc) is 3.30. The molecule has 3 N–H and O–H groups in total. The van der Waals surface area contributed by atoms with Crippen molar-refractivity contribution in [2.24, 2.45) is 10.6 Å². The van der Waals surface area contributed by atoms with Crippen molar-refractivity contribution in [3.63, 3.8) is 0 Å². The second kappa shape index (κ2) is 12.4. The number of thioether (sulfide) groups is 1. The van der Waals surface area contributed by atoms with E-state index in [0.29, 0.717) is 17.9 Å². The molecule has 15 heteroatoms. The summed E-state index contributed by atoms with van der Waals surface area (Å²) in [6.07, 6.45) is 3.36. The minimum absolute atomic E-state index is 0.00136. The molecule has 0 aromatic carbocycles. The van der Waals surface area contributed by atoms with Gasteiger partial charge in [-0.15, -0.1) is 23.1 Å². The van der Waals surface area contributed by atoms with Gasteiger partial charge in [0.2, 0.25) is 6.79 Å². The maximum atomic E-state index is 13.2. The highest BCUT2D eigenvalue weighted by Gasteiger charge is 2.54. The van der Waals surface area contributed by atoms with E-state index in [1.165, 1.54) is 30.9 Å². The molecule has 1 saturated heterocycles. The van der Waals surface area contributed by atoms with Crippen molar-refractivity contribution in [3.8, 4) is 0 Å². The zero-order valence-electron chi connectivity index (χ0n) is 21.5. The number of β-lactam (4-membered cyclic amide) rings is 1. The van der Waals surface area contributed by atoms with E-state index in [4.69, 9.17) is 24.8 Å². The number of carbonyl (C=O) groups is 4. The summed E-state index contributed by atoms with van der Waals surface area (Å²) in [4.78, 5) is 61.2. The molecule has 0 aliphatic carbocycles. The van der Waals surface area contributed by atoms with E-state index in [9.17, 15) is 19.2 Å². The fourth-order valence-electron chi connectivity index (χ4n) is 3.37. The molecule has 1 unspecified atom stereocenters. The second-order valence-electron chi connectivity index (χ2n) is 9.02. The molecule has 0 saturated carbocycles. The number of oxime groups is 1. The van der Waals surface area contributed by atoms with Crippen molar-refractivity contribution in [2.75, 3.05) is 39.1 Å². The topological polar surface area (TPSA) is 172 Å². The molecule has 1 fully saturated rings. The maximum Gasteiger partial charge on any atom is 0.358 e. The number of rotatable bonds is 10. The monoisotopic (exact) mass is 567 g/mol. The van der Waals surface area contributed by atoms with Gasteiger partial charge in [0.25, 0.3) is 11.8 Å². The number of nitrogens with two attached hydrogens (primary N) is 1. The highest BCUT2D eigenvalue weighted by Crippen LogP contribution is 2.41. The SMILES string of the molecule is COC/C=C\C1=C(C(=O)OCOC(=O)C(C)(C)C)N2C(=O)C(NC(=O)/C(=N\OC)c3csc(N)n3)[C@@H]2SC1. The first-order chi connectivity index (χ1) is 18.0. The molecule has 2 aliphatic rings. The van der Waals surface area contributed by atoms with Crippen LogP contribution in [0.3, 0.4) is 0 Å². The number of nitrogens with one attached hydrogen (secondary N) is 1. The lowest BCUT2D eigenvalue weighted by atomic mass is 9.98. The van der Waals surface area contributed by atoms with E-state index >= 15 is 0 Å². The summed E-state index contributed by atoms with van der Waals surface area (Å²) in [6, 6.07) is -0.948. The third-order valence-corrected chi connectivity index (χ3v) is 7.19. The van der Waals surface area contributed by atoms with E-state index < -0.39 is 47.4 Å². The average molecular weight is 568 g/mol. The fraction of sp³-hybridized carbons (Fsp3) is 0.478. The van der Waals surface area contributed by atoms with Crippen molar-refractivity contribution in [2.45, 2.75) is 32.2 Å². The summed E-state index contributed by atoms with van der Waals surface area (Å²) >= 11 is 2.48. The van der Waals surface area contributed by atoms with Crippen LogP contribution >= 0.6 is 23.1 Å². The number of nitrogens with zero attached hydrogens (tertiary/aromatic N) is 3. The number of allylic oxidation sites excluding steroid dienone is 1. The first kappa shape index (κ1) is 29.1. The second-order valence-corrected chi connectivity index (χ2v) is 11.0. The van der Waals surface area contributed by atoms with Gasteiger partial charge in [0.05, 0.1) is 12.0 Å². The van der Waals surface area contributed by atoms with Crippen molar-refractivity contribution in [1.29, 1.82) is 0 Å². The number of nitrogen functional groups attached to an aromatic ring is 1. The van der Waals surface area contributed by atoms with Gasteiger partial charge in [0.1, 0.15) is 29.9 Å². The number of aromatic nitrogens is 1. The molecule has 2 aliphatic heterocycles. The van der Waals surface area contributed by atoms with Gasteiger partial charge in [0, 0.05) is 18.2 Å². The van der Waals surface area contributed by atoms with Gasteiger partial charge < -0.3 is 30.1 Å². The standard InChI is InChI=1S/C23H29N5O8S2/c1-23(2,3)21(32)36-11-35-20(31)16-12(7-6-8-33-4)9-37-19-15(18(30)28(16)19)26-17(29)14(27-34-5)13-10-38-22(24)25-13/h6-7,10,15,19H,8-9,11H2,1-5H3,(H2,24,25)(H,26,29)/b7-6-,27-14-/t15?,19-/m0/s1. The summed E-state index contributed by atoms with van der Waals surface area (Å²) < 4.78 is 15.2. The number of fused-ring (bicyclic) bond motifs is 1. The van der Waals surface area contributed by atoms with Crippen LogP contribution < -0.4 is 11.1 Å². The Morgan fingerprint density at radius 3 is 2.63 bits per heavy atom. The number of methoxy groups -OCH3 is 1.